The van der Waals surface area contributed by atoms with Crippen molar-refractivity contribution in [3.05, 3.63) is 32.9 Å². The van der Waals surface area contributed by atoms with E-state index in [1.54, 1.807) is 6.92 Å². The number of nitriles is 1. The van der Waals surface area contributed by atoms with Crippen LogP contribution in [-0.4, -0.2) is 14.6 Å². The summed E-state index contributed by atoms with van der Waals surface area (Å²) in [5.74, 6) is 0.123. The minimum absolute atomic E-state index is 0.123. The molecule has 17 heavy (non-hydrogen) atoms. The van der Waals surface area contributed by atoms with Gasteiger partial charge in [-0.25, -0.2) is 0 Å². The Morgan fingerprint density at radius 1 is 1.41 bits per heavy atom. The highest BCUT2D eigenvalue weighted by atomic mass is 16.1. The molecule has 2 aromatic rings. The van der Waals surface area contributed by atoms with Crippen LogP contribution in [0.3, 0.4) is 0 Å². The third-order valence-corrected chi connectivity index (χ3v) is 2.88. The van der Waals surface area contributed by atoms with E-state index in [0.29, 0.717) is 22.5 Å². The average molecular weight is 230 g/mol. The van der Waals surface area contributed by atoms with Crippen molar-refractivity contribution in [1.29, 1.82) is 5.26 Å². The quantitative estimate of drug-likeness (QED) is 0.809. The van der Waals surface area contributed by atoms with Gasteiger partial charge in [-0.3, -0.25) is 4.79 Å². The second-order valence-electron chi connectivity index (χ2n) is 4.46. The average Bonchev–Trinajstić information content (AvgIpc) is 2.54. The predicted molar refractivity (Wildman–Crippen MR) is 64.1 cm³/mol. The van der Waals surface area contributed by atoms with Gasteiger partial charge in [0.25, 0.3) is 5.56 Å². The molecule has 2 rings (SSSR count). The van der Waals surface area contributed by atoms with Gasteiger partial charge in [-0.15, -0.1) is 0 Å². The van der Waals surface area contributed by atoms with Gasteiger partial charge >= 0.3 is 0 Å². The number of nitrogens with one attached hydrogen (secondary N) is 1. The van der Waals surface area contributed by atoms with Gasteiger partial charge in [0.05, 0.1) is 5.69 Å². The lowest BCUT2D eigenvalue weighted by molar-refractivity contribution is 0.776. The van der Waals surface area contributed by atoms with Crippen molar-refractivity contribution in [1.82, 2.24) is 14.6 Å². The van der Waals surface area contributed by atoms with Crippen LogP contribution in [-0.2, 0) is 0 Å². The van der Waals surface area contributed by atoms with E-state index in [0.717, 1.165) is 5.69 Å². The monoisotopic (exact) mass is 230 g/mol. The topological polar surface area (TPSA) is 74.0 Å². The molecule has 0 aliphatic heterocycles. The SMILES string of the molecule is Cc1nn2c(=O)c(C(C)C)c(C)[nH]c2c1C#N. The Morgan fingerprint density at radius 2 is 2.06 bits per heavy atom. The maximum absolute atomic E-state index is 12.2. The lowest BCUT2D eigenvalue weighted by atomic mass is 10.0. The summed E-state index contributed by atoms with van der Waals surface area (Å²) >= 11 is 0. The van der Waals surface area contributed by atoms with Crippen LogP contribution >= 0.6 is 0 Å². The lowest BCUT2D eigenvalue weighted by Gasteiger charge is -2.08. The first-order chi connectivity index (χ1) is 7.97. The van der Waals surface area contributed by atoms with E-state index < -0.39 is 0 Å². The summed E-state index contributed by atoms with van der Waals surface area (Å²) in [7, 11) is 0. The first kappa shape index (κ1) is 11.4. The first-order valence-electron chi connectivity index (χ1n) is 5.49. The fourth-order valence-electron chi connectivity index (χ4n) is 2.12. The molecule has 0 spiro atoms. The van der Waals surface area contributed by atoms with Gasteiger partial charge in [-0.2, -0.15) is 14.9 Å². The van der Waals surface area contributed by atoms with Crippen LogP contribution in [0.2, 0.25) is 0 Å². The van der Waals surface area contributed by atoms with E-state index in [2.05, 4.69) is 16.2 Å². The molecule has 0 fully saturated rings. The number of fused-ring (bicyclic) bond motifs is 1. The normalized spacial score (nSPS) is 11.1. The molecule has 0 atom stereocenters. The summed E-state index contributed by atoms with van der Waals surface area (Å²) in [6, 6.07) is 2.07. The fourth-order valence-corrected chi connectivity index (χ4v) is 2.12. The van der Waals surface area contributed by atoms with Crippen molar-refractivity contribution in [3.63, 3.8) is 0 Å². The maximum Gasteiger partial charge on any atom is 0.278 e. The Morgan fingerprint density at radius 3 is 2.59 bits per heavy atom. The van der Waals surface area contributed by atoms with Crippen LogP contribution in [0, 0.1) is 25.2 Å². The molecule has 1 N–H and O–H groups in total. The highest BCUT2D eigenvalue weighted by Crippen LogP contribution is 2.16. The van der Waals surface area contributed by atoms with E-state index in [1.165, 1.54) is 4.52 Å². The number of aryl methyl sites for hydroxylation is 2. The fraction of sp³-hybridized carbons (Fsp3) is 0.417. The number of aromatic amines is 1. The third-order valence-electron chi connectivity index (χ3n) is 2.88. The highest BCUT2D eigenvalue weighted by Gasteiger charge is 2.17. The van der Waals surface area contributed by atoms with Gasteiger partial charge in [0.1, 0.15) is 11.6 Å². The Bertz CT molecular complexity index is 685. The van der Waals surface area contributed by atoms with E-state index in [1.807, 2.05) is 20.8 Å². The van der Waals surface area contributed by atoms with Crippen molar-refractivity contribution in [2.24, 2.45) is 0 Å². The predicted octanol–water partition coefficient (Wildman–Crippen LogP) is 1.63. The molecule has 0 unspecified atom stereocenters. The number of nitrogens with zero attached hydrogens (tertiary/aromatic N) is 3. The van der Waals surface area contributed by atoms with Crippen molar-refractivity contribution in [3.8, 4) is 6.07 Å². The summed E-state index contributed by atoms with van der Waals surface area (Å²) < 4.78 is 1.29. The molecule has 0 bridgehead atoms. The molecule has 5 nitrogen and oxygen atoms in total. The van der Waals surface area contributed by atoms with Crippen LogP contribution in [0.1, 0.15) is 42.3 Å². The van der Waals surface area contributed by atoms with E-state index in [9.17, 15) is 4.79 Å². The summed E-state index contributed by atoms with van der Waals surface area (Å²) in [4.78, 5) is 15.3. The minimum Gasteiger partial charge on any atom is -0.342 e. The van der Waals surface area contributed by atoms with Gasteiger partial charge in [0, 0.05) is 11.3 Å². The second kappa shape index (κ2) is 3.74. The Balaban J connectivity index is 2.98. The summed E-state index contributed by atoms with van der Waals surface area (Å²) in [5.41, 5.74) is 2.85. The smallest absolute Gasteiger partial charge is 0.278 e. The molecule has 0 saturated carbocycles. The molecule has 0 amide bonds. The maximum atomic E-state index is 12.2. The van der Waals surface area contributed by atoms with Crippen molar-refractivity contribution in [2.45, 2.75) is 33.6 Å². The number of aromatic nitrogens is 3. The van der Waals surface area contributed by atoms with E-state index in [-0.39, 0.29) is 11.5 Å². The van der Waals surface area contributed by atoms with Crippen LogP contribution < -0.4 is 5.56 Å². The van der Waals surface area contributed by atoms with Gasteiger partial charge in [0.15, 0.2) is 5.65 Å². The number of rotatable bonds is 1. The Hall–Kier alpha value is -2.09. The number of H-pyrrole nitrogens is 1. The molecule has 0 aromatic carbocycles. The van der Waals surface area contributed by atoms with Gasteiger partial charge < -0.3 is 4.98 Å². The van der Waals surface area contributed by atoms with Gasteiger partial charge in [0.2, 0.25) is 0 Å². The number of hydrogen-bond acceptors (Lipinski definition) is 3. The summed E-state index contributed by atoms with van der Waals surface area (Å²) in [6.45, 7) is 7.50. The molecule has 0 aliphatic carbocycles. The van der Waals surface area contributed by atoms with Crippen molar-refractivity contribution >= 4 is 5.65 Å². The highest BCUT2D eigenvalue weighted by molar-refractivity contribution is 5.58. The summed E-state index contributed by atoms with van der Waals surface area (Å²) in [5, 5.41) is 13.2. The standard InChI is InChI=1S/C12H14N4O/c1-6(2)10-8(4)14-11-9(5-13)7(3)15-16(11)12(10)17/h6,14H,1-4H3. The molecular weight excluding hydrogens is 216 g/mol. The van der Waals surface area contributed by atoms with Gasteiger partial charge in [-0.05, 0) is 19.8 Å². The zero-order chi connectivity index (χ0) is 12.7. The van der Waals surface area contributed by atoms with Crippen molar-refractivity contribution in [2.75, 3.05) is 0 Å². The molecule has 5 heteroatoms. The zero-order valence-corrected chi connectivity index (χ0v) is 10.3. The van der Waals surface area contributed by atoms with E-state index >= 15 is 0 Å². The van der Waals surface area contributed by atoms with Crippen LogP contribution in [0.15, 0.2) is 4.79 Å². The lowest BCUT2D eigenvalue weighted by Crippen LogP contribution is -2.22. The minimum atomic E-state index is -0.143. The summed E-state index contributed by atoms with van der Waals surface area (Å²) in [6.07, 6.45) is 0. The van der Waals surface area contributed by atoms with Gasteiger partial charge in [-0.1, -0.05) is 13.8 Å². The van der Waals surface area contributed by atoms with E-state index in [4.69, 9.17) is 5.26 Å². The Kier molecular flexibility index (Phi) is 2.50. The van der Waals surface area contributed by atoms with Crippen molar-refractivity contribution < 1.29 is 0 Å². The largest absolute Gasteiger partial charge is 0.342 e. The third kappa shape index (κ3) is 1.53. The Labute approximate surface area is 98.7 Å². The second-order valence-corrected chi connectivity index (χ2v) is 4.46. The molecule has 0 saturated heterocycles. The molecule has 2 aromatic heterocycles. The van der Waals surface area contributed by atoms with Crippen LogP contribution in [0.4, 0.5) is 0 Å². The molecule has 2 heterocycles. The first-order valence-corrected chi connectivity index (χ1v) is 5.49. The molecular formula is C12H14N4O. The number of hydrogen-bond donors (Lipinski definition) is 1. The molecule has 0 radical (unpaired) electrons. The molecule has 0 aliphatic rings. The van der Waals surface area contributed by atoms with Crippen LogP contribution in [0.5, 0.6) is 0 Å². The zero-order valence-electron chi connectivity index (χ0n) is 10.3. The molecule has 88 valence electrons. The van der Waals surface area contributed by atoms with Crippen LogP contribution in [0.25, 0.3) is 5.65 Å².